The monoisotopic (exact) mass is 239 g/mol. The number of likely N-dealkylation sites (tertiary alicyclic amines) is 1. The molecule has 1 aliphatic heterocycles. The van der Waals surface area contributed by atoms with Gasteiger partial charge < -0.3 is 4.90 Å². The molecule has 1 heterocycles. The third kappa shape index (κ3) is 2.26. The van der Waals surface area contributed by atoms with Crippen LogP contribution in [-0.2, 0) is 12.8 Å². The topological polar surface area (TPSA) is 20.3 Å². The highest BCUT2D eigenvalue weighted by molar-refractivity contribution is 6.09. The number of benzene rings is 1. The number of hydrogen-bond donors (Lipinski definition) is 0. The molecule has 18 heavy (non-hydrogen) atoms. The van der Waals surface area contributed by atoms with Gasteiger partial charge in [0.1, 0.15) is 0 Å². The standard InChI is InChI=1S/C16H17NO/c18-16(8-11-17-9-1-2-10-17)15-7-6-13-4-3-5-14(13)12-15/h6-7,12H,1-5,9-10H2. The van der Waals surface area contributed by atoms with E-state index in [2.05, 4.69) is 18.0 Å². The Morgan fingerprint density at radius 3 is 2.67 bits per heavy atom. The second kappa shape index (κ2) is 4.86. The molecular weight excluding hydrogens is 222 g/mol. The summed E-state index contributed by atoms with van der Waals surface area (Å²) in [7, 11) is 0. The van der Waals surface area contributed by atoms with Crippen LogP contribution in [0.2, 0.25) is 0 Å². The SMILES string of the molecule is O=C(C#CN1CCCC1)c1ccc2c(c1)CCC2. The zero-order chi connectivity index (χ0) is 12.4. The number of carbonyl (C=O) groups is 1. The summed E-state index contributed by atoms with van der Waals surface area (Å²) >= 11 is 0. The predicted molar refractivity (Wildman–Crippen MR) is 71.4 cm³/mol. The van der Waals surface area contributed by atoms with Crippen LogP contribution in [-0.4, -0.2) is 23.8 Å². The molecule has 0 spiro atoms. The number of rotatable bonds is 1. The van der Waals surface area contributed by atoms with Crippen LogP contribution in [0.4, 0.5) is 0 Å². The molecule has 0 bridgehead atoms. The molecule has 0 radical (unpaired) electrons. The molecule has 0 atom stereocenters. The minimum Gasteiger partial charge on any atom is -0.332 e. The normalized spacial score (nSPS) is 17.2. The predicted octanol–water partition coefficient (Wildman–Crippen LogP) is 2.41. The van der Waals surface area contributed by atoms with E-state index in [1.54, 1.807) is 0 Å². The maximum atomic E-state index is 12.0. The first-order chi connectivity index (χ1) is 8.83. The van der Waals surface area contributed by atoms with Crippen LogP contribution in [0.3, 0.4) is 0 Å². The molecule has 3 rings (SSSR count). The molecule has 92 valence electrons. The van der Waals surface area contributed by atoms with E-state index in [0.717, 1.165) is 31.5 Å². The van der Waals surface area contributed by atoms with Crippen molar-refractivity contribution >= 4 is 5.78 Å². The molecule has 0 amide bonds. The Hall–Kier alpha value is -1.75. The minimum absolute atomic E-state index is 0.0448. The minimum atomic E-state index is -0.0448. The molecule has 2 heteroatoms. The van der Waals surface area contributed by atoms with Gasteiger partial charge in [0.05, 0.1) is 0 Å². The molecule has 2 aliphatic rings. The van der Waals surface area contributed by atoms with E-state index >= 15 is 0 Å². The van der Waals surface area contributed by atoms with Gasteiger partial charge in [0.25, 0.3) is 0 Å². The van der Waals surface area contributed by atoms with E-state index in [4.69, 9.17) is 0 Å². The highest BCUT2D eigenvalue weighted by atomic mass is 16.1. The summed E-state index contributed by atoms with van der Waals surface area (Å²) in [5, 5.41) is 0. The van der Waals surface area contributed by atoms with Crippen molar-refractivity contribution in [2.24, 2.45) is 0 Å². The van der Waals surface area contributed by atoms with Crippen LogP contribution in [0.15, 0.2) is 18.2 Å². The molecule has 1 aromatic carbocycles. The maximum Gasteiger partial charge on any atom is 0.237 e. The number of carbonyl (C=O) groups excluding carboxylic acids is 1. The van der Waals surface area contributed by atoms with Gasteiger partial charge >= 0.3 is 0 Å². The number of hydrogen-bond acceptors (Lipinski definition) is 2. The van der Waals surface area contributed by atoms with Gasteiger partial charge in [0.2, 0.25) is 5.78 Å². The molecule has 2 nitrogen and oxygen atoms in total. The lowest BCUT2D eigenvalue weighted by atomic mass is 10.0. The van der Waals surface area contributed by atoms with E-state index in [0.29, 0.717) is 0 Å². The summed E-state index contributed by atoms with van der Waals surface area (Å²) in [6, 6.07) is 9.02. The fourth-order valence-electron chi connectivity index (χ4n) is 2.74. The van der Waals surface area contributed by atoms with E-state index < -0.39 is 0 Å². The summed E-state index contributed by atoms with van der Waals surface area (Å²) in [6.45, 7) is 2.01. The Morgan fingerprint density at radius 1 is 1.06 bits per heavy atom. The smallest absolute Gasteiger partial charge is 0.237 e. The molecule has 0 N–H and O–H groups in total. The van der Waals surface area contributed by atoms with Crippen molar-refractivity contribution in [1.82, 2.24) is 4.90 Å². The van der Waals surface area contributed by atoms with Crippen molar-refractivity contribution in [2.45, 2.75) is 32.1 Å². The summed E-state index contributed by atoms with van der Waals surface area (Å²) in [5.41, 5.74) is 3.49. The van der Waals surface area contributed by atoms with Gasteiger partial charge in [0.15, 0.2) is 0 Å². The van der Waals surface area contributed by atoms with Gasteiger partial charge in [-0.05, 0) is 55.2 Å². The van der Waals surface area contributed by atoms with Gasteiger partial charge in [0, 0.05) is 24.7 Å². The van der Waals surface area contributed by atoms with Crippen molar-refractivity contribution in [1.29, 1.82) is 0 Å². The Morgan fingerprint density at radius 2 is 1.83 bits per heavy atom. The first-order valence-corrected chi connectivity index (χ1v) is 6.76. The van der Waals surface area contributed by atoms with Crippen molar-refractivity contribution in [3.05, 3.63) is 34.9 Å². The molecule has 1 aliphatic carbocycles. The van der Waals surface area contributed by atoms with Crippen LogP contribution in [0.5, 0.6) is 0 Å². The van der Waals surface area contributed by atoms with Crippen LogP contribution >= 0.6 is 0 Å². The van der Waals surface area contributed by atoms with Gasteiger partial charge in [-0.25, -0.2) is 0 Å². The van der Waals surface area contributed by atoms with E-state index in [1.165, 1.54) is 30.4 Å². The van der Waals surface area contributed by atoms with Crippen LogP contribution < -0.4 is 0 Å². The Balaban J connectivity index is 1.75. The van der Waals surface area contributed by atoms with Gasteiger partial charge in [-0.15, -0.1) is 0 Å². The number of aryl methyl sites for hydroxylation is 2. The lowest BCUT2D eigenvalue weighted by molar-refractivity contribution is 0.105. The van der Waals surface area contributed by atoms with Crippen LogP contribution in [0, 0.1) is 12.0 Å². The molecule has 0 unspecified atom stereocenters. The fourth-order valence-corrected chi connectivity index (χ4v) is 2.74. The van der Waals surface area contributed by atoms with Crippen molar-refractivity contribution in [3.8, 4) is 12.0 Å². The number of fused-ring (bicyclic) bond motifs is 1. The third-order valence-corrected chi connectivity index (χ3v) is 3.79. The Kier molecular flexibility index (Phi) is 3.06. The molecule has 1 saturated heterocycles. The molecule has 1 fully saturated rings. The summed E-state index contributed by atoms with van der Waals surface area (Å²) < 4.78 is 0. The summed E-state index contributed by atoms with van der Waals surface area (Å²) in [6.07, 6.45) is 5.87. The van der Waals surface area contributed by atoms with Crippen molar-refractivity contribution in [3.63, 3.8) is 0 Å². The van der Waals surface area contributed by atoms with Crippen LogP contribution in [0.1, 0.15) is 40.7 Å². The number of nitrogens with zero attached hydrogens (tertiary/aromatic N) is 1. The molecule has 0 aromatic heterocycles. The number of ketones is 1. The number of Topliss-reactive ketones (excluding diaryl/α,β-unsaturated/α-hetero) is 1. The average Bonchev–Trinajstić information content (AvgIpc) is 3.05. The summed E-state index contributed by atoms with van der Waals surface area (Å²) in [5.74, 6) is 2.72. The zero-order valence-corrected chi connectivity index (χ0v) is 10.5. The second-order valence-electron chi connectivity index (χ2n) is 5.10. The first kappa shape index (κ1) is 11.3. The highest BCUT2D eigenvalue weighted by Gasteiger charge is 2.13. The van der Waals surface area contributed by atoms with Gasteiger partial charge in [-0.3, -0.25) is 4.79 Å². The molecule has 1 aromatic rings. The highest BCUT2D eigenvalue weighted by Crippen LogP contribution is 2.22. The van der Waals surface area contributed by atoms with Crippen LogP contribution in [0.25, 0.3) is 0 Å². The van der Waals surface area contributed by atoms with Crippen molar-refractivity contribution < 1.29 is 4.79 Å². The molecule has 0 saturated carbocycles. The van der Waals surface area contributed by atoms with E-state index in [1.807, 2.05) is 17.0 Å². The van der Waals surface area contributed by atoms with E-state index in [-0.39, 0.29) is 5.78 Å². The maximum absolute atomic E-state index is 12.0. The lowest BCUT2D eigenvalue weighted by Gasteiger charge is -2.05. The Bertz CT molecular complexity index is 530. The third-order valence-electron chi connectivity index (χ3n) is 3.79. The van der Waals surface area contributed by atoms with Gasteiger partial charge in [-0.2, -0.15) is 0 Å². The lowest BCUT2D eigenvalue weighted by Crippen LogP contribution is -2.12. The van der Waals surface area contributed by atoms with Crippen molar-refractivity contribution in [2.75, 3.05) is 13.1 Å². The average molecular weight is 239 g/mol. The largest absolute Gasteiger partial charge is 0.332 e. The first-order valence-electron chi connectivity index (χ1n) is 6.76. The quantitative estimate of drug-likeness (QED) is 0.554. The summed E-state index contributed by atoms with van der Waals surface area (Å²) in [4.78, 5) is 14.0. The molecular formula is C16H17NO. The second-order valence-corrected chi connectivity index (χ2v) is 5.10. The Labute approximate surface area is 108 Å². The van der Waals surface area contributed by atoms with E-state index in [9.17, 15) is 4.79 Å². The fraction of sp³-hybridized carbons (Fsp3) is 0.438. The zero-order valence-electron chi connectivity index (χ0n) is 10.5. The van der Waals surface area contributed by atoms with Gasteiger partial charge in [-0.1, -0.05) is 12.1 Å².